The Kier molecular flexibility index (Phi) is 3.19. The molecule has 2 heterocycles. The van der Waals surface area contributed by atoms with Gasteiger partial charge in [-0.25, -0.2) is 0 Å². The zero-order valence-electron chi connectivity index (χ0n) is 11.9. The Bertz CT molecular complexity index is 658. The van der Waals surface area contributed by atoms with Crippen molar-refractivity contribution in [2.24, 2.45) is 10.7 Å². The van der Waals surface area contributed by atoms with E-state index in [-0.39, 0.29) is 6.04 Å². The Labute approximate surface area is 129 Å². The van der Waals surface area contributed by atoms with Crippen molar-refractivity contribution in [1.82, 2.24) is 4.90 Å². The summed E-state index contributed by atoms with van der Waals surface area (Å²) in [6.45, 7) is 1.62. The molecule has 2 N–H and O–H groups in total. The number of hydrogen-bond acceptors (Lipinski definition) is 4. The fraction of sp³-hybridized carbons (Fsp3) is 0.353. The predicted octanol–water partition coefficient (Wildman–Crippen LogP) is 3.50. The summed E-state index contributed by atoms with van der Waals surface area (Å²) < 4.78 is 0. The van der Waals surface area contributed by atoms with Gasteiger partial charge in [-0.2, -0.15) is 0 Å². The number of nitrogens with zero attached hydrogens (tertiary/aromatic N) is 2. The standard InChI is InChI=1S/C17H19N3S/c18-17-19-10-16(20(17)11-15-5-2-8-21-15)14-4-1-3-13(9-14)12-6-7-12/h1-5,8-9,12,16H,6-7,10-11H2,(H2,18,19). The molecule has 1 aromatic heterocycles. The molecule has 4 heteroatoms. The van der Waals surface area contributed by atoms with Crippen LogP contribution in [0.4, 0.5) is 0 Å². The maximum absolute atomic E-state index is 6.11. The second-order valence-corrected chi connectivity index (χ2v) is 6.90. The highest BCUT2D eigenvalue weighted by Crippen LogP contribution is 2.41. The van der Waals surface area contributed by atoms with Gasteiger partial charge in [-0.05, 0) is 41.3 Å². The predicted molar refractivity (Wildman–Crippen MR) is 87.5 cm³/mol. The van der Waals surface area contributed by atoms with Gasteiger partial charge in [0.2, 0.25) is 0 Å². The van der Waals surface area contributed by atoms with Crippen LogP contribution in [-0.2, 0) is 6.54 Å². The minimum absolute atomic E-state index is 0.283. The molecule has 0 spiro atoms. The number of guanidine groups is 1. The lowest BCUT2D eigenvalue weighted by Gasteiger charge is -2.26. The molecule has 0 radical (unpaired) electrons. The van der Waals surface area contributed by atoms with Crippen LogP contribution in [0.25, 0.3) is 0 Å². The Morgan fingerprint density at radius 1 is 1.19 bits per heavy atom. The third kappa shape index (κ3) is 2.56. The van der Waals surface area contributed by atoms with Crippen LogP contribution in [-0.4, -0.2) is 17.4 Å². The monoisotopic (exact) mass is 297 g/mol. The van der Waals surface area contributed by atoms with E-state index in [9.17, 15) is 0 Å². The summed E-state index contributed by atoms with van der Waals surface area (Å²) in [5, 5.41) is 2.11. The van der Waals surface area contributed by atoms with Crippen LogP contribution in [0.1, 0.15) is 40.8 Å². The highest BCUT2D eigenvalue weighted by molar-refractivity contribution is 7.09. The average Bonchev–Trinajstić information content (AvgIpc) is 3.13. The first-order valence-corrected chi connectivity index (χ1v) is 8.38. The molecule has 1 unspecified atom stereocenters. The molecule has 0 saturated heterocycles. The largest absolute Gasteiger partial charge is 0.370 e. The van der Waals surface area contributed by atoms with E-state index in [4.69, 9.17) is 5.73 Å². The fourth-order valence-electron chi connectivity index (χ4n) is 3.01. The van der Waals surface area contributed by atoms with Gasteiger partial charge in [0.15, 0.2) is 5.96 Å². The molecule has 1 aromatic carbocycles. The van der Waals surface area contributed by atoms with Crippen molar-refractivity contribution in [1.29, 1.82) is 0 Å². The number of aliphatic imine (C=N–C) groups is 1. The number of benzene rings is 1. The molecular weight excluding hydrogens is 278 g/mol. The van der Waals surface area contributed by atoms with Gasteiger partial charge >= 0.3 is 0 Å². The van der Waals surface area contributed by atoms with Crippen LogP contribution in [0, 0.1) is 0 Å². The van der Waals surface area contributed by atoms with Crippen LogP contribution in [0.15, 0.2) is 46.8 Å². The first-order valence-electron chi connectivity index (χ1n) is 7.50. The van der Waals surface area contributed by atoms with Crippen LogP contribution < -0.4 is 5.73 Å². The summed E-state index contributed by atoms with van der Waals surface area (Å²) in [6, 6.07) is 13.5. The minimum atomic E-state index is 0.283. The van der Waals surface area contributed by atoms with Crippen LogP contribution in [0.2, 0.25) is 0 Å². The molecular formula is C17H19N3S. The molecule has 2 aliphatic rings. The zero-order valence-corrected chi connectivity index (χ0v) is 12.7. The number of hydrogen-bond donors (Lipinski definition) is 1. The molecule has 1 fully saturated rings. The molecule has 1 atom stereocenters. The van der Waals surface area contributed by atoms with E-state index in [1.54, 1.807) is 11.3 Å². The quantitative estimate of drug-likeness (QED) is 0.938. The molecule has 0 bridgehead atoms. The highest BCUT2D eigenvalue weighted by atomic mass is 32.1. The van der Waals surface area contributed by atoms with E-state index < -0.39 is 0 Å². The van der Waals surface area contributed by atoms with Crippen molar-refractivity contribution in [2.45, 2.75) is 31.3 Å². The van der Waals surface area contributed by atoms with Crippen LogP contribution in [0.5, 0.6) is 0 Å². The molecule has 1 saturated carbocycles. The summed E-state index contributed by atoms with van der Waals surface area (Å²) in [6.07, 6.45) is 2.68. The topological polar surface area (TPSA) is 41.6 Å². The van der Waals surface area contributed by atoms with Crippen molar-refractivity contribution in [3.63, 3.8) is 0 Å². The van der Waals surface area contributed by atoms with Gasteiger partial charge in [-0.15, -0.1) is 11.3 Å². The average molecular weight is 297 g/mol. The summed E-state index contributed by atoms with van der Waals surface area (Å²) >= 11 is 1.77. The number of nitrogens with two attached hydrogens (primary N) is 1. The van der Waals surface area contributed by atoms with Gasteiger partial charge in [0.1, 0.15) is 0 Å². The summed E-state index contributed by atoms with van der Waals surface area (Å²) in [5.41, 5.74) is 8.94. The SMILES string of the molecule is NC1=NCC(c2cccc(C3CC3)c2)N1Cc1cccs1. The van der Waals surface area contributed by atoms with Gasteiger partial charge < -0.3 is 10.6 Å². The Morgan fingerprint density at radius 3 is 2.81 bits per heavy atom. The second-order valence-electron chi connectivity index (χ2n) is 5.87. The third-order valence-corrected chi connectivity index (χ3v) is 5.21. The number of thiophene rings is 1. The molecule has 3 nitrogen and oxygen atoms in total. The van der Waals surface area contributed by atoms with Crippen molar-refractivity contribution in [3.05, 3.63) is 57.8 Å². The second kappa shape index (κ2) is 5.19. The van der Waals surface area contributed by atoms with E-state index >= 15 is 0 Å². The van der Waals surface area contributed by atoms with Gasteiger partial charge in [0, 0.05) is 4.88 Å². The van der Waals surface area contributed by atoms with Gasteiger partial charge in [-0.1, -0.05) is 30.3 Å². The summed E-state index contributed by atoms with van der Waals surface area (Å²) in [5.74, 6) is 1.46. The summed E-state index contributed by atoms with van der Waals surface area (Å²) in [7, 11) is 0. The van der Waals surface area contributed by atoms with Crippen LogP contribution in [0.3, 0.4) is 0 Å². The first-order chi connectivity index (χ1) is 10.3. The van der Waals surface area contributed by atoms with Crippen molar-refractivity contribution in [3.8, 4) is 0 Å². The lowest BCUT2D eigenvalue weighted by molar-refractivity contribution is 0.343. The molecule has 2 aromatic rings. The molecule has 108 valence electrons. The smallest absolute Gasteiger partial charge is 0.192 e. The van der Waals surface area contributed by atoms with Gasteiger partial charge in [0.05, 0.1) is 19.1 Å². The number of rotatable bonds is 4. The van der Waals surface area contributed by atoms with E-state index in [0.29, 0.717) is 5.96 Å². The summed E-state index contributed by atoms with van der Waals surface area (Å²) in [4.78, 5) is 8.04. The third-order valence-electron chi connectivity index (χ3n) is 4.35. The maximum Gasteiger partial charge on any atom is 0.192 e. The van der Waals surface area contributed by atoms with Gasteiger partial charge in [0.25, 0.3) is 0 Å². The van der Waals surface area contributed by atoms with E-state index in [1.807, 2.05) is 0 Å². The maximum atomic E-state index is 6.11. The van der Waals surface area contributed by atoms with Crippen molar-refractivity contribution < 1.29 is 0 Å². The highest BCUT2D eigenvalue weighted by Gasteiger charge is 2.29. The van der Waals surface area contributed by atoms with Gasteiger partial charge in [-0.3, -0.25) is 4.99 Å². The lowest BCUT2D eigenvalue weighted by atomic mass is 10.0. The van der Waals surface area contributed by atoms with Crippen molar-refractivity contribution >= 4 is 17.3 Å². The van der Waals surface area contributed by atoms with Crippen LogP contribution >= 0.6 is 11.3 Å². The van der Waals surface area contributed by atoms with E-state index in [1.165, 1.54) is 28.8 Å². The first kappa shape index (κ1) is 12.9. The fourth-order valence-corrected chi connectivity index (χ4v) is 3.72. The molecule has 4 rings (SSSR count). The Morgan fingerprint density at radius 2 is 2.05 bits per heavy atom. The van der Waals surface area contributed by atoms with E-state index in [2.05, 4.69) is 51.7 Å². The normalized spacial score (nSPS) is 21.6. The molecule has 0 amide bonds. The Balaban J connectivity index is 1.59. The Hall–Kier alpha value is -1.81. The molecule has 21 heavy (non-hydrogen) atoms. The minimum Gasteiger partial charge on any atom is -0.370 e. The van der Waals surface area contributed by atoms with E-state index in [0.717, 1.165) is 19.0 Å². The lowest BCUT2D eigenvalue weighted by Crippen LogP contribution is -2.35. The van der Waals surface area contributed by atoms with Crippen molar-refractivity contribution in [2.75, 3.05) is 6.54 Å². The molecule has 1 aliphatic carbocycles. The molecule has 1 aliphatic heterocycles. The zero-order chi connectivity index (χ0) is 14.2.